The number of hydrogen-bond donors (Lipinski definition) is 2. The van der Waals surface area contributed by atoms with Gasteiger partial charge in [-0.05, 0) is 30.7 Å². The first kappa shape index (κ1) is 16.2. The molecule has 22 heavy (non-hydrogen) atoms. The van der Waals surface area contributed by atoms with E-state index in [1.807, 2.05) is 0 Å². The molecule has 0 spiro atoms. The molecular weight excluding hydrogens is 283 g/mol. The molecule has 0 saturated carbocycles. The van der Waals surface area contributed by atoms with Crippen molar-refractivity contribution >= 4 is 5.91 Å². The highest BCUT2D eigenvalue weighted by Crippen LogP contribution is 2.12. The van der Waals surface area contributed by atoms with Crippen LogP contribution in [0.15, 0.2) is 36.8 Å². The van der Waals surface area contributed by atoms with Gasteiger partial charge in [0.2, 0.25) is 0 Å². The highest BCUT2D eigenvalue weighted by molar-refractivity contribution is 5.93. The van der Waals surface area contributed by atoms with Gasteiger partial charge in [0.25, 0.3) is 5.91 Å². The van der Waals surface area contributed by atoms with Crippen LogP contribution in [0.3, 0.4) is 0 Å². The molecule has 3 N–H and O–H groups in total. The summed E-state index contributed by atoms with van der Waals surface area (Å²) >= 11 is 0. The lowest BCUT2D eigenvalue weighted by Gasteiger charge is -2.17. The molecule has 1 atom stereocenters. The Hall–Kier alpha value is -2.21. The zero-order valence-electron chi connectivity index (χ0n) is 12.6. The number of rotatable bonds is 7. The fourth-order valence-corrected chi connectivity index (χ4v) is 2.23. The average Bonchev–Trinajstić information content (AvgIpc) is 3.01. The van der Waals surface area contributed by atoms with Crippen LogP contribution in [-0.2, 0) is 0 Å². The van der Waals surface area contributed by atoms with E-state index >= 15 is 0 Å². The van der Waals surface area contributed by atoms with Gasteiger partial charge in [-0.25, -0.2) is 9.37 Å². The van der Waals surface area contributed by atoms with E-state index < -0.39 is 0 Å². The zero-order valence-corrected chi connectivity index (χ0v) is 12.6. The molecule has 2 rings (SSSR count). The second-order valence-corrected chi connectivity index (χ2v) is 5.17. The Labute approximate surface area is 129 Å². The first-order valence-corrected chi connectivity index (χ1v) is 7.45. The minimum absolute atomic E-state index is 0.0518. The van der Waals surface area contributed by atoms with Crippen molar-refractivity contribution in [2.24, 2.45) is 5.73 Å². The molecule has 6 heteroatoms. The summed E-state index contributed by atoms with van der Waals surface area (Å²) in [6.45, 7) is 2.50. The summed E-state index contributed by atoms with van der Waals surface area (Å²) in [5, 5.41) is 2.93. The number of unbranched alkanes of at least 4 members (excludes halogenated alkanes) is 1. The number of nitrogens with zero attached hydrogens (tertiary/aromatic N) is 2. The third kappa shape index (κ3) is 3.92. The fraction of sp³-hybridized carbons (Fsp3) is 0.375. The first-order valence-electron chi connectivity index (χ1n) is 7.45. The van der Waals surface area contributed by atoms with E-state index in [0.717, 1.165) is 19.3 Å². The molecule has 2 aromatic rings. The monoisotopic (exact) mass is 304 g/mol. The largest absolute Gasteiger partial charge is 0.347 e. The molecule has 1 heterocycles. The number of carbonyl (C=O) groups excluding carboxylic acids is 1. The number of benzene rings is 1. The predicted molar refractivity (Wildman–Crippen MR) is 83.4 cm³/mol. The summed E-state index contributed by atoms with van der Waals surface area (Å²) in [6, 6.07) is 5.85. The van der Waals surface area contributed by atoms with Crippen LogP contribution in [0.5, 0.6) is 0 Å². The second-order valence-electron chi connectivity index (χ2n) is 5.17. The number of hydrogen-bond acceptors (Lipinski definition) is 3. The minimum Gasteiger partial charge on any atom is -0.347 e. The highest BCUT2D eigenvalue weighted by atomic mass is 19.1. The smallest absolute Gasteiger partial charge is 0.270 e. The van der Waals surface area contributed by atoms with Gasteiger partial charge in [0, 0.05) is 18.3 Å². The molecule has 1 amide bonds. The normalized spacial score (nSPS) is 12.1. The van der Waals surface area contributed by atoms with Crippen LogP contribution in [-0.4, -0.2) is 28.0 Å². The Balaban J connectivity index is 2.14. The summed E-state index contributed by atoms with van der Waals surface area (Å²) in [7, 11) is 0. The maximum absolute atomic E-state index is 13.0. The van der Waals surface area contributed by atoms with Gasteiger partial charge in [0.15, 0.2) is 0 Å². The summed E-state index contributed by atoms with van der Waals surface area (Å²) in [5.74, 6) is -0.550. The van der Waals surface area contributed by atoms with Crippen LogP contribution in [0, 0.1) is 5.82 Å². The van der Waals surface area contributed by atoms with Crippen LogP contribution < -0.4 is 11.1 Å². The van der Waals surface area contributed by atoms with Crippen LogP contribution in [0.4, 0.5) is 4.39 Å². The second kappa shape index (κ2) is 7.70. The average molecular weight is 304 g/mol. The highest BCUT2D eigenvalue weighted by Gasteiger charge is 2.16. The number of halogens is 1. The van der Waals surface area contributed by atoms with E-state index in [2.05, 4.69) is 17.2 Å². The lowest BCUT2D eigenvalue weighted by atomic mass is 10.1. The molecular formula is C16H21FN4O. The van der Waals surface area contributed by atoms with Crippen molar-refractivity contribution < 1.29 is 9.18 Å². The number of nitrogens with two attached hydrogens (primary N) is 1. The van der Waals surface area contributed by atoms with E-state index in [9.17, 15) is 9.18 Å². The quantitative estimate of drug-likeness (QED) is 0.824. The lowest BCUT2D eigenvalue weighted by molar-refractivity contribution is 0.0929. The number of imidazole rings is 1. The van der Waals surface area contributed by atoms with Gasteiger partial charge in [-0.2, -0.15) is 0 Å². The van der Waals surface area contributed by atoms with Crippen molar-refractivity contribution in [3.63, 3.8) is 0 Å². The van der Waals surface area contributed by atoms with Gasteiger partial charge in [-0.15, -0.1) is 0 Å². The van der Waals surface area contributed by atoms with Crippen LogP contribution in [0.2, 0.25) is 0 Å². The Morgan fingerprint density at radius 3 is 2.77 bits per heavy atom. The summed E-state index contributed by atoms with van der Waals surface area (Å²) < 4.78 is 14.6. The topological polar surface area (TPSA) is 72.9 Å². The Morgan fingerprint density at radius 2 is 2.14 bits per heavy atom. The van der Waals surface area contributed by atoms with Crippen molar-refractivity contribution in [2.45, 2.75) is 32.2 Å². The van der Waals surface area contributed by atoms with Crippen LogP contribution >= 0.6 is 0 Å². The Bertz CT molecular complexity index is 609. The zero-order chi connectivity index (χ0) is 15.9. The molecule has 0 bridgehead atoms. The molecule has 5 nitrogen and oxygen atoms in total. The molecule has 0 aliphatic carbocycles. The molecule has 0 aliphatic rings. The van der Waals surface area contributed by atoms with Gasteiger partial charge >= 0.3 is 0 Å². The summed E-state index contributed by atoms with van der Waals surface area (Å²) in [4.78, 5) is 16.4. The van der Waals surface area contributed by atoms with Gasteiger partial charge in [0.05, 0.1) is 12.5 Å². The SMILES string of the molecule is CCCCC(CN)NC(=O)c1cncn1-c1ccc(F)cc1. The molecule has 0 saturated heterocycles. The predicted octanol–water partition coefficient (Wildman–Crippen LogP) is 2.26. The summed E-state index contributed by atoms with van der Waals surface area (Å²) in [5.41, 5.74) is 6.79. The van der Waals surface area contributed by atoms with E-state index in [4.69, 9.17) is 5.73 Å². The molecule has 1 unspecified atom stereocenters. The van der Waals surface area contributed by atoms with Crippen molar-refractivity contribution in [3.05, 3.63) is 48.3 Å². The fourth-order valence-electron chi connectivity index (χ4n) is 2.23. The van der Waals surface area contributed by atoms with Crippen molar-refractivity contribution in [1.29, 1.82) is 0 Å². The Kier molecular flexibility index (Phi) is 5.66. The van der Waals surface area contributed by atoms with Crippen molar-refractivity contribution in [1.82, 2.24) is 14.9 Å². The van der Waals surface area contributed by atoms with E-state index in [-0.39, 0.29) is 17.8 Å². The van der Waals surface area contributed by atoms with Crippen molar-refractivity contribution in [3.8, 4) is 5.69 Å². The third-order valence-corrected chi connectivity index (χ3v) is 3.50. The molecule has 0 radical (unpaired) electrons. The van der Waals surface area contributed by atoms with Gasteiger partial charge < -0.3 is 11.1 Å². The number of carbonyl (C=O) groups is 1. The van der Waals surface area contributed by atoms with E-state index in [1.165, 1.54) is 24.7 Å². The number of amides is 1. The van der Waals surface area contributed by atoms with Crippen molar-refractivity contribution in [2.75, 3.05) is 6.54 Å². The van der Waals surface area contributed by atoms with E-state index in [1.54, 1.807) is 16.7 Å². The standard InChI is InChI=1S/C16H21FN4O/c1-2-3-4-13(9-18)20-16(22)15-10-19-11-21(15)14-7-5-12(17)6-8-14/h5-8,10-11,13H,2-4,9,18H2,1H3,(H,20,22). The molecule has 0 fully saturated rings. The molecule has 1 aromatic carbocycles. The van der Waals surface area contributed by atoms with Gasteiger partial charge in [-0.3, -0.25) is 9.36 Å². The van der Waals surface area contributed by atoms with E-state index in [0.29, 0.717) is 17.9 Å². The number of nitrogens with one attached hydrogen (secondary N) is 1. The van der Waals surface area contributed by atoms with Gasteiger partial charge in [0.1, 0.15) is 11.5 Å². The molecule has 0 aliphatic heterocycles. The lowest BCUT2D eigenvalue weighted by Crippen LogP contribution is -2.40. The molecule has 118 valence electrons. The van der Waals surface area contributed by atoms with Crippen LogP contribution in [0.25, 0.3) is 5.69 Å². The minimum atomic E-state index is -0.322. The molecule has 1 aromatic heterocycles. The maximum atomic E-state index is 13.0. The van der Waals surface area contributed by atoms with Crippen LogP contribution in [0.1, 0.15) is 36.7 Å². The van der Waals surface area contributed by atoms with Gasteiger partial charge in [-0.1, -0.05) is 19.8 Å². The maximum Gasteiger partial charge on any atom is 0.270 e. The summed E-state index contributed by atoms with van der Waals surface area (Å²) in [6.07, 6.45) is 5.94. The third-order valence-electron chi connectivity index (χ3n) is 3.50. The first-order chi connectivity index (χ1) is 10.7. The number of aromatic nitrogens is 2. The Morgan fingerprint density at radius 1 is 1.41 bits per heavy atom.